The van der Waals surface area contributed by atoms with E-state index in [4.69, 9.17) is 37.0 Å². The predicted octanol–water partition coefficient (Wildman–Crippen LogP) is 24.0. The van der Waals surface area contributed by atoms with Crippen molar-refractivity contribution in [1.29, 1.82) is 0 Å². The highest BCUT2D eigenvalue weighted by atomic mass is 31.2. The molecule has 19 heteroatoms. The molecule has 0 rings (SSSR count). The lowest BCUT2D eigenvalue weighted by Crippen LogP contribution is -2.30. The molecule has 0 saturated carbocycles. The van der Waals surface area contributed by atoms with Crippen molar-refractivity contribution in [1.82, 2.24) is 0 Å². The van der Waals surface area contributed by atoms with E-state index < -0.39 is 97.5 Å². The van der Waals surface area contributed by atoms with Crippen LogP contribution < -0.4 is 0 Å². The lowest BCUT2D eigenvalue weighted by atomic mass is 10.1. The Morgan fingerprint density at radius 1 is 0.275 bits per heavy atom. The molecule has 0 amide bonds. The lowest BCUT2D eigenvalue weighted by molar-refractivity contribution is -0.161. The Labute approximate surface area is 622 Å². The van der Waals surface area contributed by atoms with E-state index >= 15 is 0 Å². The van der Waals surface area contributed by atoms with Crippen LogP contribution in [0.25, 0.3) is 0 Å². The molecule has 5 unspecified atom stereocenters. The zero-order chi connectivity index (χ0) is 74.6. The molecule has 0 saturated heterocycles. The van der Waals surface area contributed by atoms with E-state index in [0.29, 0.717) is 25.7 Å². The van der Waals surface area contributed by atoms with Gasteiger partial charge < -0.3 is 33.8 Å². The molecule has 3 N–H and O–H groups in total. The fourth-order valence-corrected chi connectivity index (χ4v) is 12.9. The monoisotopic (exact) mass is 1480 g/mol. The van der Waals surface area contributed by atoms with Crippen LogP contribution >= 0.6 is 15.6 Å². The number of phosphoric acid groups is 2. The van der Waals surface area contributed by atoms with Crippen LogP contribution in [-0.4, -0.2) is 96.7 Å². The topological polar surface area (TPSA) is 237 Å². The molecule has 0 bridgehead atoms. The van der Waals surface area contributed by atoms with Gasteiger partial charge in [-0.05, 0) is 141 Å². The van der Waals surface area contributed by atoms with Crippen molar-refractivity contribution in [2.75, 3.05) is 39.6 Å². The molecule has 0 radical (unpaired) electrons. The van der Waals surface area contributed by atoms with E-state index in [-0.39, 0.29) is 25.7 Å². The summed E-state index contributed by atoms with van der Waals surface area (Å²) in [6.45, 7) is 4.85. The van der Waals surface area contributed by atoms with Gasteiger partial charge in [0.25, 0.3) is 0 Å². The maximum atomic E-state index is 13.1. The van der Waals surface area contributed by atoms with Crippen molar-refractivity contribution in [3.05, 3.63) is 72.9 Å². The third-order valence-corrected chi connectivity index (χ3v) is 19.5. The molecule has 0 aliphatic heterocycles. The molecule has 5 atom stereocenters. The summed E-state index contributed by atoms with van der Waals surface area (Å²) < 4.78 is 68.6. The van der Waals surface area contributed by atoms with E-state index in [1.807, 2.05) is 0 Å². The van der Waals surface area contributed by atoms with Crippen molar-refractivity contribution in [2.45, 2.75) is 393 Å². The van der Waals surface area contributed by atoms with Gasteiger partial charge in [0.2, 0.25) is 0 Å². The van der Waals surface area contributed by atoms with E-state index in [9.17, 15) is 43.2 Å². The van der Waals surface area contributed by atoms with Gasteiger partial charge >= 0.3 is 39.5 Å². The van der Waals surface area contributed by atoms with Gasteiger partial charge in [-0.25, -0.2) is 9.13 Å². The Morgan fingerprint density at radius 3 is 0.775 bits per heavy atom. The SMILES string of the molecule is CCCCC/C=C\C/C=C\C/C=C\CCCCCCCCC(=O)OCC(COP(=O)(O)OCC(O)COP(=O)(O)OCC(COC(=O)CCCCCCC/C=C\CCCCCCCC)OC(=O)CCCCCCC/C=C\CCCCCC)OC(=O)CCCCCCC/C=C\CCCCCCCC. The normalized spacial score (nSPS) is 14.2. The number of ether oxygens (including phenoxy) is 4. The standard InChI is InChI=1S/C83H150O17P2/c1-5-9-13-17-21-25-29-33-36-37-38-39-42-45-48-52-56-60-64-68-81(86)94-74-79(100-83(88)70-66-62-58-54-50-46-41-35-31-27-23-19-15-11-7-3)76-98-102(91,92)96-72-77(84)71-95-101(89,90)97-75-78(99-82(87)69-65-61-57-53-49-43-32-28-24-20-16-12-8-4)73-93-80(85)67-63-59-55-51-47-44-40-34-30-26-22-18-14-10-6-2/h21,25,28,32-36,38-41,77-79,84H,5-20,22-24,26-27,29-31,37,42-76H2,1-4H3,(H,89,90)(H,91,92)/b25-21-,32-28-,36-33-,39-38-,40-34-,41-35-. The first-order valence-electron chi connectivity index (χ1n) is 41.2. The van der Waals surface area contributed by atoms with Crippen LogP contribution in [0, 0.1) is 0 Å². The molecule has 0 aliphatic rings. The summed E-state index contributed by atoms with van der Waals surface area (Å²) in [5.41, 5.74) is 0. The highest BCUT2D eigenvalue weighted by Crippen LogP contribution is 2.45. The van der Waals surface area contributed by atoms with Gasteiger partial charge in [-0.15, -0.1) is 0 Å². The van der Waals surface area contributed by atoms with Gasteiger partial charge in [-0.3, -0.25) is 37.3 Å². The first-order chi connectivity index (χ1) is 49.7. The largest absolute Gasteiger partial charge is 0.472 e. The number of esters is 4. The Kier molecular flexibility index (Phi) is 73.1. The van der Waals surface area contributed by atoms with Crippen LogP contribution in [0.4, 0.5) is 0 Å². The number of phosphoric ester groups is 2. The summed E-state index contributed by atoms with van der Waals surface area (Å²) in [6.07, 6.45) is 77.2. The number of hydrogen-bond donors (Lipinski definition) is 3. The van der Waals surface area contributed by atoms with Gasteiger partial charge in [-0.2, -0.15) is 0 Å². The molecule has 0 fully saturated rings. The first-order valence-corrected chi connectivity index (χ1v) is 44.2. The van der Waals surface area contributed by atoms with E-state index in [0.717, 1.165) is 173 Å². The fraction of sp³-hybridized carbons (Fsp3) is 0.807. The summed E-state index contributed by atoms with van der Waals surface area (Å²) in [5.74, 6) is -2.19. The summed E-state index contributed by atoms with van der Waals surface area (Å²) >= 11 is 0. The summed E-state index contributed by atoms with van der Waals surface area (Å²) in [7, 11) is -9.95. The zero-order valence-electron chi connectivity index (χ0n) is 65.0. The van der Waals surface area contributed by atoms with E-state index in [1.54, 1.807) is 0 Å². The second-order valence-corrected chi connectivity index (χ2v) is 30.6. The Balaban J connectivity index is 5.34. The minimum atomic E-state index is -4.98. The number of unbranched alkanes of at least 4 members (excludes halogenated alkanes) is 40. The van der Waals surface area contributed by atoms with Gasteiger partial charge in [0.15, 0.2) is 12.2 Å². The quantitative estimate of drug-likeness (QED) is 0.0169. The predicted molar refractivity (Wildman–Crippen MR) is 418 cm³/mol. The molecule has 0 aliphatic carbocycles. The number of allylic oxidation sites excluding steroid dienone is 12. The maximum absolute atomic E-state index is 13.1. The van der Waals surface area contributed by atoms with Crippen LogP contribution in [0.1, 0.15) is 374 Å². The number of carbonyl (C=O) groups is 4. The van der Waals surface area contributed by atoms with E-state index in [1.165, 1.54) is 122 Å². The third-order valence-electron chi connectivity index (χ3n) is 17.6. The van der Waals surface area contributed by atoms with Crippen LogP contribution in [0.15, 0.2) is 72.9 Å². The molecule has 17 nitrogen and oxygen atoms in total. The average molecular weight is 1480 g/mol. The highest BCUT2D eigenvalue weighted by molar-refractivity contribution is 7.47. The van der Waals surface area contributed by atoms with Crippen molar-refractivity contribution in [2.24, 2.45) is 0 Å². The van der Waals surface area contributed by atoms with Crippen LogP contribution in [0.5, 0.6) is 0 Å². The number of carbonyl (C=O) groups excluding carboxylic acids is 4. The molecule has 0 aromatic rings. The van der Waals surface area contributed by atoms with E-state index in [2.05, 4.69) is 101 Å². The number of rotatable bonds is 78. The van der Waals surface area contributed by atoms with Crippen molar-refractivity contribution in [3.8, 4) is 0 Å². The average Bonchev–Trinajstić information content (AvgIpc) is 0.924. The number of aliphatic hydroxyl groups is 1. The second-order valence-electron chi connectivity index (χ2n) is 27.7. The molecule has 594 valence electrons. The van der Waals surface area contributed by atoms with Crippen molar-refractivity contribution in [3.63, 3.8) is 0 Å². The molecule has 0 heterocycles. The molecule has 0 spiro atoms. The van der Waals surface area contributed by atoms with Gasteiger partial charge in [-0.1, -0.05) is 280 Å². The molecule has 102 heavy (non-hydrogen) atoms. The maximum Gasteiger partial charge on any atom is 0.472 e. The summed E-state index contributed by atoms with van der Waals surface area (Å²) in [4.78, 5) is 73.0. The zero-order valence-corrected chi connectivity index (χ0v) is 66.8. The molecule has 0 aromatic heterocycles. The van der Waals surface area contributed by atoms with Gasteiger partial charge in [0.1, 0.15) is 19.3 Å². The van der Waals surface area contributed by atoms with Crippen molar-refractivity contribution >= 4 is 39.5 Å². The summed E-state index contributed by atoms with van der Waals surface area (Å²) in [5, 5.41) is 10.6. The minimum absolute atomic E-state index is 0.0845. The summed E-state index contributed by atoms with van der Waals surface area (Å²) in [6, 6.07) is 0. The molecular weight excluding hydrogens is 1330 g/mol. The fourth-order valence-electron chi connectivity index (χ4n) is 11.3. The lowest BCUT2D eigenvalue weighted by Gasteiger charge is -2.21. The van der Waals surface area contributed by atoms with Crippen LogP contribution in [0.2, 0.25) is 0 Å². The van der Waals surface area contributed by atoms with Crippen LogP contribution in [0.3, 0.4) is 0 Å². The van der Waals surface area contributed by atoms with Gasteiger partial charge in [0.05, 0.1) is 26.4 Å². The van der Waals surface area contributed by atoms with Crippen molar-refractivity contribution < 1.29 is 80.2 Å². The first kappa shape index (κ1) is 98.5. The Hall–Kier alpha value is -3.50. The second kappa shape index (κ2) is 75.7. The highest BCUT2D eigenvalue weighted by Gasteiger charge is 2.30. The smallest absolute Gasteiger partial charge is 0.462 e. The number of aliphatic hydroxyl groups excluding tert-OH is 1. The minimum Gasteiger partial charge on any atom is -0.462 e. The molecular formula is C83H150O17P2. The van der Waals surface area contributed by atoms with Gasteiger partial charge in [0, 0.05) is 25.7 Å². The Morgan fingerprint density at radius 2 is 0.480 bits per heavy atom. The number of hydrogen-bond acceptors (Lipinski definition) is 15. The Bertz CT molecular complexity index is 2210. The van der Waals surface area contributed by atoms with Crippen LogP contribution in [-0.2, 0) is 65.4 Å². The third kappa shape index (κ3) is 74.8. The molecule has 0 aromatic carbocycles.